The molecule has 0 radical (unpaired) electrons. The molecule has 0 aromatic carbocycles. The fourth-order valence-electron chi connectivity index (χ4n) is 7.36. The number of allylic oxidation sites excluding steroid dienone is 26. The van der Waals surface area contributed by atoms with Crippen molar-refractivity contribution in [1.82, 2.24) is 0 Å². The van der Waals surface area contributed by atoms with E-state index >= 15 is 0 Å². The van der Waals surface area contributed by atoms with Gasteiger partial charge in [0.15, 0.2) is 6.10 Å². The third-order valence-corrected chi connectivity index (χ3v) is 11.6. The Labute approximate surface area is 444 Å². The van der Waals surface area contributed by atoms with Crippen LogP contribution in [0.1, 0.15) is 226 Å². The highest BCUT2D eigenvalue weighted by atomic mass is 16.6. The molecular formula is C67H106O5. The molecule has 0 amide bonds. The van der Waals surface area contributed by atoms with Crippen LogP contribution in [0.25, 0.3) is 0 Å². The minimum atomic E-state index is -0.592. The van der Waals surface area contributed by atoms with Crippen molar-refractivity contribution in [3.8, 4) is 0 Å². The average molecular weight is 992 g/mol. The molecule has 404 valence electrons. The van der Waals surface area contributed by atoms with Gasteiger partial charge in [0.1, 0.15) is 6.61 Å². The molecule has 72 heavy (non-hydrogen) atoms. The highest BCUT2D eigenvalue weighted by Gasteiger charge is 2.17. The van der Waals surface area contributed by atoms with Crippen LogP contribution in [-0.4, -0.2) is 37.9 Å². The Hall–Kier alpha value is -4.48. The largest absolute Gasteiger partial charge is 0.462 e. The van der Waals surface area contributed by atoms with Crippen molar-refractivity contribution in [2.45, 2.75) is 232 Å². The van der Waals surface area contributed by atoms with Crippen LogP contribution in [0.2, 0.25) is 0 Å². The lowest BCUT2D eigenvalue weighted by atomic mass is 10.1. The van der Waals surface area contributed by atoms with Gasteiger partial charge < -0.3 is 14.2 Å². The third kappa shape index (κ3) is 58.1. The summed E-state index contributed by atoms with van der Waals surface area (Å²) in [7, 11) is 0. The van der Waals surface area contributed by atoms with E-state index in [0.717, 1.165) is 128 Å². The Kier molecular flexibility index (Phi) is 57.0. The number of hydrogen-bond donors (Lipinski definition) is 0. The fourth-order valence-corrected chi connectivity index (χ4v) is 7.36. The molecule has 0 N–H and O–H groups in total. The molecule has 0 spiro atoms. The lowest BCUT2D eigenvalue weighted by Gasteiger charge is -2.18. The van der Waals surface area contributed by atoms with E-state index in [0.29, 0.717) is 25.9 Å². The molecule has 0 fully saturated rings. The van der Waals surface area contributed by atoms with Crippen molar-refractivity contribution >= 4 is 11.9 Å². The molecule has 0 bridgehead atoms. The van der Waals surface area contributed by atoms with Crippen LogP contribution in [0.3, 0.4) is 0 Å². The monoisotopic (exact) mass is 991 g/mol. The van der Waals surface area contributed by atoms with Crippen LogP contribution in [0.5, 0.6) is 0 Å². The molecule has 0 heterocycles. The second-order valence-electron chi connectivity index (χ2n) is 18.4. The Morgan fingerprint density at radius 2 is 0.611 bits per heavy atom. The van der Waals surface area contributed by atoms with Crippen LogP contribution in [0.15, 0.2) is 158 Å². The molecule has 0 saturated heterocycles. The van der Waals surface area contributed by atoms with Crippen LogP contribution < -0.4 is 0 Å². The minimum Gasteiger partial charge on any atom is -0.462 e. The van der Waals surface area contributed by atoms with Gasteiger partial charge in [0, 0.05) is 19.4 Å². The maximum Gasteiger partial charge on any atom is 0.306 e. The average Bonchev–Trinajstić information content (AvgIpc) is 3.38. The molecule has 0 aromatic rings. The van der Waals surface area contributed by atoms with Crippen LogP contribution in [0.4, 0.5) is 0 Å². The van der Waals surface area contributed by atoms with E-state index in [9.17, 15) is 9.59 Å². The van der Waals surface area contributed by atoms with E-state index in [4.69, 9.17) is 14.2 Å². The van der Waals surface area contributed by atoms with Gasteiger partial charge in [0.05, 0.1) is 6.61 Å². The van der Waals surface area contributed by atoms with Gasteiger partial charge in [-0.3, -0.25) is 9.59 Å². The van der Waals surface area contributed by atoms with E-state index in [1.807, 2.05) is 6.08 Å². The summed E-state index contributed by atoms with van der Waals surface area (Å²) < 4.78 is 17.4. The molecule has 0 saturated carbocycles. The molecule has 5 nitrogen and oxygen atoms in total. The Bertz CT molecular complexity index is 1590. The molecule has 0 aliphatic carbocycles. The summed E-state index contributed by atoms with van der Waals surface area (Å²) in [6, 6.07) is 0. The number of rotatable bonds is 51. The fraction of sp³-hybridized carbons (Fsp3) is 0.582. The molecule has 0 aromatic heterocycles. The first-order chi connectivity index (χ1) is 35.6. The van der Waals surface area contributed by atoms with E-state index < -0.39 is 6.10 Å². The molecule has 0 rings (SSSR count). The van der Waals surface area contributed by atoms with Crippen molar-refractivity contribution in [2.75, 3.05) is 19.8 Å². The van der Waals surface area contributed by atoms with Gasteiger partial charge in [-0.05, 0) is 128 Å². The summed E-state index contributed by atoms with van der Waals surface area (Å²) in [4.78, 5) is 25.5. The van der Waals surface area contributed by atoms with Crippen LogP contribution in [0, 0.1) is 0 Å². The van der Waals surface area contributed by atoms with Crippen LogP contribution in [-0.2, 0) is 23.8 Å². The van der Waals surface area contributed by atoms with Crippen LogP contribution >= 0.6 is 0 Å². The summed E-state index contributed by atoms with van der Waals surface area (Å²) >= 11 is 0. The zero-order valence-corrected chi connectivity index (χ0v) is 46.4. The maximum absolute atomic E-state index is 12.9. The zero-order chi connectivity index (χ0) is 52.0. The molecule has 0 aliphatic rings. The molecule has 1 unspecified atom stereocenters. The van der Waals surface area contributed by atoms with Gasteiger partial charge in [-0.25, -0.2) is 0 Å². The predicted molar refractivity (Wildman–Crippen MR) is 315 cm³/mol. The Balaban J connectivity index is 4.47. The van der Waals surface area contributed by atoms with Gasteiger partial charge in [0.25, 0.3) is 0 Å². The first-order valence-corrected chi connectivity index (χ1v) is 29.0. The van der Waals surface area contributed by atoms with Gasteiger partial charge in [-0.15, -0.1) is 0 Å². The van der Waals surface area contributed by atoms with E-state index in [2.05, 4.69) is 173 Å². The summed E-state index contributed by atoms with van der Waals surface area (Å²) in [6.07, 6.45) is 89.9. The van der Waals surface area contributed by atoms with E-state index in [-0.39, 0.29) is 25.2 Å². The van der Waals surface area contributed by atoms with Crippen molar-refractivity contribution in [2.24, 2.45) is 0 Å². The standard InChI is InChI=1S/C67H106O5/c1-4-7-10-13-16-19-22-25-28-31-33-35-38-41-44-47-50-53-56-59-62-70-63-65(72-67(69)61-58-55-52-49-46-43-40-36-30-27-24-21-18-15-12-9-6-3)64-71-66(68)60-57-54-51-48-45-42-39-37-34-32-29-26-23-20-17-14-11-8-5-2/h7-12,16-21,25-30,33-35,37,42,45,51,54,65H,4-6,13-15,22-24,31-32,36,38-41,43-44,46-50,52-53,55-64H2,1-3H3/b10-7-,11-8-,12-9-,19-16-,20-17-,21-18-,28-25-,29-26-,30-27-,35-33-,37-34-,45-42-,54-51-. The predicted octanol–water partition coefficient (Wildman–Crippen LogP) is 20.2. The van der Waals surface area contributed by atoms with E-state index in [1.54, 1.807) is 0 Å². The topological polar surface area (TPSA) is 61.8 Å². The molecule has 0 aliphatic heterocycles. The first-order valence-electron chi connectivity index (χ1n) is 29.0. The highest BCUT2D eigenvalue weighted by molar-refractivity contribution is 5.70. The quantitative estimate of drug-likeness (QED) is 0.0345. The zero-order valence-electron chi connectivity index (χ0n) is 46.4. The second kappa shape index (κ2) is 60.8. The Morgan fingerprint density at radius 3 is 0.986 bits per heavy atom. The first kappa shape index (κ1) is 67.5. The summed E-state index contributed by atoms with van der Waals surface area (Å²) in [5.41, 5.74) is 0. The third-order valence-electron chi connectivity index (χ3n) is 11.6. The Morgan fingerprint density at radius 1 is 0.306 bits per heavy atom. The molecule has 5 heteroatoms. The number of esters is 2. The normalized spacial score (nSPS) is 13.4. The number of hydrogen-bond acceptors (Lipinski definition) is 5. The summed E-state index contributed by atoms with van der Waals surface area (Å²) in [5, 5.41) is 0. The second-order valence-corrected chi connectivity index (χ2v) is 18.4. The lowest BCUT2D eigenvalue weighted by Crippen LogP contribution is -2.30. The van der Waals surface area contributed by atoms with Crippen molar-refractivity contribution in [1.29, 1.82) is 0 Å². The highest BCUT2D eigenvalue weighted by Crippen LogP contribution is 2.13. The lowest BCUT2D eigenvalue weighted by molar-refractivity contribution is -0.162. The minimum absolute atomic E-state index is 0.0256. The number of carbonyl (C=O) groups is 2. The smallest absolute Gasteiger partial charge is 0.306 e. The molecular weight excluding hydrogens is 885 g/mol. The summed E-state index contributed by atoms with van der Waals surface area (Å²) in [5.74, 6) is -0.521. The number of unbranched alkanes of at least 4 members (excludes halogenated alkanes) is 14. The maximum atomic E-state index is 12.9. The van der Waals surface area contributed by atoms with Crippen molar-refractivity contribution < 1.29 is 23.8 Å². The number of carbonyl (C=O) groups excluding carboxylic acids is 2. The van der Waals surface area contributed by atoms with Gasteiger partial charge >= 0.3 is 11.9 Å². The van der Waals surface area contributed by atoms with E-state index in [1.165, 1.54) is 57.8 Å². The SMILES string of the molecule is CC/C=C\C/C=C\C/C=C\C/C=C\C/C=C\C/C=C\CCC(=O)OCC(COCCCCCCCCC/C=C\C/C=C\C/C=C\C/C=C\CC)OC(=O)CCCCCCCCC/C=C\C/C=C\C/C=C\CC. The van der Waals surface area contributed by atoms with Crippen molar-refractivity contribution in [3.05, 3.63) is 158 Å². The molecule has 1 atom stereocenters. The number of ether oxygens (including phenoxy) is 3. The summed E-state index contributed by atoms with van der Waals surface area (Å²) in [6.45, 7) is 7.36. The van der Waals surface area contributed by atoms with Gasteiger partial charge in [-0.2, -0.15) is 0 Å². The van der Waals surface area contributed by atoms with Gasteiger partial charge in [0.2, 0.25) is 0 Å². The van der Waals surface area contributed by atoms with Gasteiger partial charge in [-0.1, -0.05) is 243 Å². The van der Waals surface area contributed by atoms with Crippen molar-refractivity contribution in [3.63, 3.8) is 0 Å².